The van der Waals surface area contributed by atoms with Crippen LogP contribution in [0.15, 0.2) is 21.3 Å². The average molecular weight is 560 g/mol. The first-order chi connectivity index (χ1) is 14.3. The molecule has 0 fully saturated rings. The molecule has 0 aliphatic heterocycles. The minimum atomic E-state index is -2.60. The minimum absolute atomic E-state index is 0.223. The van der Waals surface area contributed by atoms with Gasteiger partial charge in [-0.2, -0.15) is 0 Å². The zero-order chi connectivity index (χ0) is 24.3. The Morgan fingerprint density at radius 2 is 1.32 bits per heavy atom. The number of aliphatic hydroxyl groups is 1. The molecule has 0 bridgehead atoms. The molecule has 184 valence electrons. The molecule has 0 spiro atoms. The van der Waals surface area contributed by atoms with Gasteiger partial charge in [0, 0.05) is 0 Å². The Balaban J connectivity index is 5.43. The Bertz CT molecular complexity index is 538. The van der Waals surface area contributed by atoms with E-state index in [1.807, 2.05) is 0 Å². The molecule has 0 rings (SSSR count). The molecule has 0 radical (unpaired) electrons. The van der Waals surface area contributed by atoms with Gasteiger partial charge in [0.1, 0.15) is 0 Å². The van der Waals surface area contributed by atoms with Crippen LogP contribution < -0.4 is 0 Å². The quantitative estimate of drug-likeness (QED) is 0.151. The summed E-state index contributed by atoms with van der Waals surface area (Å²) in [5.74, 6) is 0. The molecule has 1 atom stereocenters. The molecule has 0 saturated carbocycles. The van der Waals surface area contributed by atoms with Crippen molar-refractivity contribution in [2.45, 2.75) is 138 Å². The van der Waals surface area contributed by atoms with Crippen molar-refractivity contribution in [1.29, 1.82) is 0 Å². The van der Waals surface area contributed by atoms with E-state index in [1.165, 1.54) is 66.6 Å². The molecule has 0 aliphatic carbocycles. The summed E-state index contributed by atoms with van der Waals surface area (Å²) in [6, 6.07) is 0. The molecule has 0 aromatic heterocycles. The Labute approximate surface area is 201 Å². The van der Waals surface area contributed by atoms with E-state index in [0.717, 1.165) is 6.42 Å². The van der Waals surface area contributed by atoms with Crippen LogP contribution >= 0.6 is 0 Å². The van der Waals surface area contributed by atoms with Gasteiger partial charge in [-0.25, -0.2) is 0 Å². The molecule has 0 aliphatic rings. The molecule has 0 amide bonds. The predicted molar refractivity (Wildman–Crippen MR) is 146 cm³/mol. The fourth-order valence-corrected chi connectivity index (χ4v) is 21.0. The molecule has 0 aromatic rings. The van der Waals surface area contributed by atoms with Crippen LogP contribution in [-0.2, 0) is 4.43 Å². The van der Waals surface area contributed by atoms with Gasteiger partial charge in [-0.15, -0.1) is 0 Å². The fourth-order valence-electron chi connectivity index (χ4n) is 3.97. The standard InChI is InChI=1S/C15H29O2Si.3C4H9.Sn/c1-9-14(16)10-12(2)13(3)11-17-18(7,8)15(4,5)6;3*1-3-4-2;/h14,16H,1,10-11H2,2-8H3;3*1,3-4H2,2H3;/b13-12-;;;;/t14-;;;;/m0..../s1. The van der Waals surface area contributed by atoms with Crippen LogP contribution in [0.4, 0.5) is 0 Å². The molecule has 0 heterocycles. The monoisotopic (exact) mass is 560 g/mol. The summed E-state index contributed by atoms with van der Waals surface area (Å²) in [7, 11) is -1.75. The van der Waals surface area contributed by atoms with Gasteiger partial charge >= 0.3 is 202 Å². The van der Waals surface area contributed by atoms with Crippen molar-refractivity contribution in [2.24, 2.45) is 0 Å². The van der Waals surface area contributed by atoms with E-state index in [0.29, 0.717) is 6.61 Å². The summed E-state index contributed by atoms with van der Waals surface area (Å²) >= 11 is -2.60. The average Bonchev–Trinajstić information content (AvgIpc) is 2.70. The van der Waals surface area contributed by atoms with Crippen LogP contribution in [0, 0.1) is 0 Å². The van der Waals surface area contributed by atoms with Crippen molar-refractivity contribution in [3.8, 4) is 0 Å². The van der Waals surface area contributed by atoms with E-state index in [-0.39, 0.29) is 11.1 Å². The van der Waals surface area contributed by atoms with E-state index in [9.17, 15) is 5.11 Å². The van der Waals surface area contributed by atoms with Gasteiger partial charge in [-0.1, -0.05) is 0 Å². The van der Waals surface area contributed by atoms with Crippen LogP contribution in [-0.4, -0.2) is 44.5 Å². The molecule has 4 heteroatoms. The third-order valence-electron chi connectivity index (χ3n) is 7.79. The van der Waals surface area contributed by atoms with Gasteiger partial charge in [-0.3, -0.25) is 0 Å². The number of hydrogen-bond acceptors (Lipinski definition) is 2. The normalized spacial score (nSPS) is 15.1. The topological polar surface area (TPSA) is 29.5 Å². The molecular weight excluding hydrogens is 503 g/mol. The third kappa shape index (κ3) is 10.5. The SMILES string of the molecule is C=[C]([C@H](O)C/C(C)=C(/C)CO[Si](C)(C)C(C)(C)C)[Sn]([CH2]CCC)([CH2]CCC)[CH2]CCC. The first kappa shape index (κ1) is 31.4. The Morgan fingerprint density at radius 1 is 0.903 bits per heavy atom. The van der Waals surface area contributed by atoms with Crippen LogP contribution in [0.2, 0.25) is 31.4 Å². The van der Waals surface area contributed by atoms with Crippen LogP contribution in [0.1, 0.15) is 100 Å². The molecule has 2 nitrogen and oxygen atoms in total. The van der Waals surface area contributed by atoms with E-state index in [2.05, 4.69) is 75.1 Å². The maximum atomic E-state index is 11.3. The Kier molecular flexibility index (Phi) is 14.8. The Hall–Kier alpha value is 0.416. The van der Waals surface area contributed by atoms with Crippen molar-refractivity contribution in [2.75, 3.05) is 6.61 Å². The summed E-state index contributed by atoms with van der Waals surface area (Å²) in [6.07, 6.45) is 8.05. The number of unbranched alkanes of at least 4 members (excludes halogenated alkanes) is 3. The zero-order valence-electron chi connectivity index (χ0n) is 22.9. The predicted octanol–water partition coefficient (Wildman–Crippen LogP) is 9.04. The van der Waals surface area contributed by atoms with Crippen LogP contribution in [0.3, 0.4) is 0 Å². The van der Waals surface area contributed by atoms with Crippen molar-refractivity contribution in [3.63, 3.8) is 0 Å². The number of hydrogen-bond donors (Lipinski definition) is 1. The maximum absolute atomic E-state index is 11.3. The second-order valence-corrected chi connectivity index (χ2v) is 29.7. The molecule has 1 N–H and O–H groups in total. The van der Waals surface area contributed by atoms with Crippen molar-refractivity contribution >= 4 is 26.7 Å². The fraction of sp³-hybridized carbons (Fsp3) is 0.852. The first-order valence-electron chi connectivity index (χ1n) is 12.9. The number of rotatable bonds is 16. The second-order valence-electron chi connectivity index (χ2n) is 11.4. The van der Waals surface area contributed by atoms with Crippen LogP contribution in [0.25, 0.3) is 0 Å². The molecule has 31 heavy (non-hydrogen) atoms. The van der Waals surface area contributed by atoms with Crippen molar-refractivity contribution < 1.29 is 9.53 Å². The summed E-state index contributed by atoms with van der Waals surface area (Å²) in [5, 5.41) is 11.5. The van der Waals surface area contributed by atoms with Crippen molar-refractivity contribution in [1.82, 2.24) is 0 Å². The summed E-state index contributed by atoms with van der Waals surface area (Å²) < 4.78 is 11.8. The molecular formula is C27H56O2SiSn. The summed E-state index contributed by atoms with van der Waals surface area (Å²) in [5.41, 5.74) is 2.57. The van der Waals surface area contributed by atoms with Gasteiger partial charge < -0.3 is 0 Å². The van der Waals surface area contributed by atoms with E-state index in [4.69, 9.17) is 4.43 Å². The van der Waals surface area contributed by atoms with Gasteiger partial charge in [0.05, 0.1) is 0 Å². The summed E-state index contributed by atoms with van der Waals surface area (Å²) in [4.78, 5) is 0. The summed E-state index contributed by atoms with van der Waals surface area (Å²) in [6.45, 7) is 28.0. The first-order valence-corrected chi connectivity index (χ1v) is 23.3. The number of aliphatic hydroxyl groups excluding tert-OH is 1. The van der Waals surface area contributed by atoms with Gasteiger partial charge in [0.2, 0.25) is 0 Å². The van der Waals surface area contributed by atoms with E-state index in [1.54, 1.807) is 0 Å². The third-order valence-corrected chi connectivity index (χ3v) is 28.3. The molecule has 0 aromatic carbocycles. The van der Waals surface area contributed by atoms with Gasteiger partial charge in [0.15, 0.2) is 0 Å². The van der Waals surface area contributed by atoms with E-state index >= 15 is 0 Å². The van der Waals surface area contributed by atoms with E-state index < -0.39 is 26.7 Å². The van der Waals surface area contributed by atoms with Crippen LogP contribution in [0.5, 0.6) is 0 Å². The molecule has 0 saturated heterocycles. The van der Waals surface area contributed by atoms with Gasteiger partial charge in [0.25, 0.3) is 0 Å². The zero-order valence-corrected chi connectivity index (χ0v) is 26.8. The Morgan fingerprint density at radius 3 is 1.68 bits per heavy atom. The van der Waals surface area contributed by atoms with Crippen molar-refractivity contribution in [3.05, 3.63) is 21.3 Å². The molecule has 0 unspecified atom stereocenters. The second kappa shape index (κ2) is 14.6. The van der Waals surface area contributed by atoms with Gasteiger partial charge in [-0.05, 0) is 0 Å².